The second-order valence-electron chi connectivity index (χ2n) is 4.32. The molecule has 15 heavy (non-hydrogen) atoms. The van der Waals surface area contributed by atoms with Crippen LogP contribution in [0.4, 0.5) is 6.01 Å². The minimum Gasteiger partial charge on any atom is -0.406 e. The molecule has 1 aromatic heterocycles. The Morgan fingerprint density at radius 3 is 2.47 bits per heavy atom. The molecular formula is C10H20N4O. The first-order valence-electron chi connectivity index (χ1n) is 5.30. The van der Waals surface area contributed by atoms with Crippen molar-refractivity contribution in [2.24, 2.45) is 11.7 Å². The fourth-order valence-electron chi connectivity index (χ4n) is 1.11. The lowest BCUT2D eigenvalue weighted by atomic mass is 10.1. The van der Waals surface area contributed by atoms with E-state index in [0.717, 1.165) is 13.0 Å². The second kappa shape index (κ2) is 5.11. The first kappa shape index (κ1) is 12.0. The molecular weight excluding hydrogens is 192 g/mol. The van der Waals surface area contributed by atoms with E-state index in [0.29, 0.717) is 17.8 Å². The molecule has 0 aliphatic rings. The van der Waals surface area contributed by atoms with Crippen LogP contribution in [-0.4, -0.2) is 23.8 Å². The predicted octanol–water partition coefficient (Wildman–Crippen LogP) is 1.57. The molecule has 0 bridgehead atoms. The van der Waals surface area contributed by atoms with Gasteiger partial charge in [0.15, 0.2) is 0 Å². The number of aromatic nitrogens is 2. The molecule has 5 heteroatoms. The highest BCUT2D eigenvalue weighted by atomic mass is 16.4. The third-order valence-corrected chi connectivity index (χ3v) is 2.19. The molecule has 0 aromatic carbocycles. The van der Waals surface area contributed by atoms with E-state index in [1.54, 1.807) is 0 Å². The summed E-state index contributed by atoms with van der Waals surface area (Å²) in [6.45, 7) is 7.12. The number of rotatable bonds is 5. The van der Waals surface area contributed by atoms with Crippen molar-refractivity contribution in [1.82, 2.24) is 10.2 Å². The van der Waals surface area contributed by atoms with E-state index in [9.17, 15) is 0 Å². The number of anilines is 1. The van der Waals surface area contributed by atoms with Gasteiger partial charge in [0.2, 0.25) is 5.89 Å². The largest absolute Gasteiger partial charge is 0.406 e. The molecule has 2 N–H and O–H groups in total. The zero-order chi connectivity index (χ0) is 11.4. The van der Waals surface area contributed by atoms with Gasteiger partial charge in [0.05, 0.1) is 6.04 Å². The van der Waals surface area contributed by atoms with Crippen molar-refractivity contribution in [1.29, 1.82) is 0 Å². The number of nitrogens with two attached hydrogens (primary N) is 1. The van der Waals surface area contributed by atoms with Crippen molar-refractivity contribution in [2.75, 3.05) is 18.5 Å². The Balaban J connectivity index is 2.54. The molecule has 86 valence electrons. The van der Waals surface area contributed by atoms with Gasteiger partial charge in [-0.2, -0.15) is 0 Å². The molecule has 5 nitrogen and oxygen atoms in total. The number of nitrogens with zero attached hydrogens (tertiary/aromatic N) is 3. The SMILES string of the molecule is CC(C)CCN(C)c1nnc(C(C)N)o1. The van der Waals surface area contributed by atoms with Crippen molar-refractivity contribution in [3.8, 4) is 0 Å². The summed E-state index contributed by atoms with van der Waals surface area (Å²) in [6, 6.07) is 0.340. The van der Waals surface area contributed by atoms with E-state index < -0.39 is 0 Å². The Labute approximate surface area is 90.7 Å². The van der Waals surface area contributed by atoms with E-state index in [4.69, 9.17) is 10.2 Å². The number of hydrogen-bond donors (Lipinski definition) is 1. The Kier molecular flexibility index (Phi) is 4.08. The van der Waals surface area contributed by atoms with Crippen LogP contribution in [-0.2, 0) is 0 Å². The quantitative estimate of drug-likeness (QED) is 0.802. The smallest absolute Gasteiger partial charge is 0.317 e. The van der Waals surface area contributed by atoms with Gasteiger partial charge in [-0.1, -0.05) is 18.9 Å². The zero-order valence-electron chi connectivity index (χ0n) is 9.90. The first-order valence-corrected chi connectivity index (χ1v) is 5.30. The van der Waals surface area contributed by atoms with Crippen molar-refractivity contribution >= 4 is 6.01 Å². The highest BCUT2D eigenvalue weighted by molar-refractivity contribution is 5.21. The minimum atomic E-state index is -0.204. The predicted molar refractivity (Wildman–Crippen MR) is 59.6 cm³/mol. The highest BCUT2D eigenvalue weighted by Crippen LogP contribution is 2.15. The fraction of sp³-hybridized carbons (Fsp3) is 0.800. The van der Waals surface area contributed by atoms with Gasteiger partial charge in [-0.3, -0.25) is 0 Å². The van der Waals surface area contributed by atoms with Gasteiger partial charge in [-0.25, -0.2) is 0 Å². The molecule has 1 rings (SSSR count). The fourth-order valence-corrected chi connectivity index (χ4v) is 1.11. The third-order valence-electron chi connectivity index (χ3n) is 2.19. The third kappa shape index (κ3) is 3.51. The van der Waals surface area contributed by atoms with Crippen LogP contribution in [0.3, 0.4) is 0 Å². The summed E-state index contributed by atoms with van der Waals surface area (Å²) in [7, 11) is 1.95. The number of hydrogen-bond acceptors (Lipinski definition) is 5. The molecule has 0 aliphatic heterocycles. The monoisotopic (exact) mass is 212 g/mol. The van der Waals surface area contributed by atoms with Gasteiger partial charge >= 0.3 is 6.01 Å². The summed E-state index contributed by atoms with van der Waals surface area (Å²) in [4.78, 5) is 1.96. The van der Waals surface area contributed by atoms with Crippen molar-refractivity contribution < 1.29 is 4.42 Å². The van der Waals surface area contributed by atoms with Gasteiger partial charge in [0.25, 0.3) is 0 Å². The molecule has 0 radical (unpaired) electrons. The van der Waals surface area contributed by atoms with Gasteiger partial charge in [0.1, 0.15) is 0 Å². The summed E-state index contributed by atoms with van der Waals surface area (Å²) in [5, 5.41) is 7.83. The molecule has 0 saturated carbocycles. The molecule has 0 saturated heterocycles. The maximum Gasteiger partial charge on any atom is 0.317 e. The Hall–Kier alpha value is -1.10. The summed E-state index contributed by atoms with van der Waals surface area (Å²) in [6.07, 6.45) is 1.10. The maximum atomic E-state index is 5.63. The molecule has 0 aliphatic carbocycles. The Morgan fingerprint density at radius 1 is 1.33 bits per heavy atom. The van der Waals surface area contributed by atoms with E-state index in [2.05, 4.69) is 24.0 Å². The van der Waals surface area contributed by atoms with Crippen LogP contribution in [0.1, 0.15) is 39.1 Å². The maximum absolute atomic E-state index is 5.63. The van der Waals surface area contributed by atoms with E-state index in [1.165, 1.54) is 0 Å². The lowest BCUT2D eigenvalue weighted by molar-refractivity contribution is 0.456. The Bertz CT molecular complexity index is 295. The molecule has 1 heterocycles. The van der Waals surface area contributed by atoms with E-state index in [1.807, 2.05) is 18.9 Å². The topological polar surface area (TPSA) is 68.2 Å². The van der Waals surface area contributed by atoms with Gasteiger partial charge in [-0.05, 0) is 19.3 Å². The van der Waals surface area contributed by atoms with Gasteiger partial charge < -0.3 is 15.1 Å². The van der Waals surface area contributed by atoms with Crippen LogP contribution in [0.2, 0.25) is 0 Å². The first-order chi connectivity index (χ1) is 7.00. The molecule has 0 amide bonds. The minimum absolute atomic E-state index is 0.204. The van der Waals surface area contributed by atoms with Crippen LogP contribution in [0.15, 0.2) is 4.42 Å². The van der Waals surface area contributed by atoms with Gasteiger partial charge in [-0.15, -0.1) is 5.10 Å². The van der Waals surface area contributed by atoms with E-state index >= 15 is 0 Å². The molecule has 0 spiro atoms. The summed E-state index contributed by atoms with van der Waals surface area (Å²) >= 11 is 0. The van der Waals surface area contributed by atoms with Crippen LogP contribution in [0, 0.1) is 5.92 Å². The lowest BCUT2D eigenvalue weighted by Gasteiger charge is -2.14. The van der Waals surface area contributed by atoms with Crippen molar-refractivity contribution in [2.45, 2.75) is 33.2 Å². The Morgan fingerprint density at radius 2 is 2.00 bits per heavy atom. The van der Waals surface area contributed by atoms with Crippen LogP contribution in [0.25, 0.3) is 0 Å². The summed E-state index contributed by atoms with van der Waals surface area (Å²) < 4.78 is 5.42. The standard InChI is InChI=1S/C10H20N4O/c1-7(2)5-6-14(4)10-13-12-9(15-10)8(3)11/h7-8H,5-6,11H2,1-4H3. The van der Waals surface area contributed by atoms with E-state index in [-0.39, 0.29) is 6.04 Å². The average Bonchev–Trinajstić information content (AvgIpc) is 2.62. The van der Waals surface area contributed by atoms with Crippen LogP contribution in [0.5, 0.6) is 0 Å². The van der Waals surface area contributed by atoms with Crippen LogP contribution >= 0.6 is 0 Å². The average molecular weight is 212 g/mol. The normalized spacial score (nSPS) is 13.2. The lowest BCUT2D eigenvalue weighted by Crippen LogP contribution is -2.20. The summed E-state index contributed by atoms with van der Waals surface area (Å²) in [5.41, 5.74) is 5.63. The van der Waals surface area contributed by atoms with Gasteiger partial charge in [0, 0.05) is 13.6 Å². The summed E-state index contributed by atoms with van der Waals surface area (Å²) in [5.74, 6) is 1.16. The zero-order valence-corrected chi connectivity index (χ0v) is 9.90. The molecule has 1 aromatic rings. The highest BCUT2D eigenvalue weighted by Gasteiger charge is 2.13. The van der Waals surface area contributed by atoms with Crippen molar-refractivity contribution in [3.05, 3.63) is 5.89 Å². The molecule has 1 unspecified atom stereocenters. The molecule has 0 fully saturated rings. The molecule has 1 atom stereocenters. The van der Waals surface area contributed by atoms with Crippen molar-refractivity contribution in [3.63, 3.8) is 0 Å². The van der Waals surface area contributed by atoms with Crippen LogP contribution < -0.4 is 10.6 Å². The second-order valence-corrected chi connectivity index (χ2v) is 4.32.